The molecule has 0 radical (unpaired) electrons. The molecule has 16 heavy (non-hydrogen) atoms. The molecule has 0 saturated heterocycles. The largest absolute Gasteiger partial charge is 0.336 e. The molecule has 0 atom stereocenters. The smallest absolute Gasteiger partial charge is 0.216 e. The second-order valence-electron chi connectivity index (χ2n) is 3.69. The Morgan fingerprint density at radius 2 is 2.25 bits per heavy atom. The highest BCUT2D eigenvalue weighted by Gasteiger charge is 2.28. The van der Waals surface area contributed by atoms with Gasteiger partial charge in [0.15, 0.2) is 4.34 Å². The van der Waals surface area contributed by atoms with Crippen molar-refractivity contribution in [3.05, 3.63) is 11.6 Å². The van der Waals surface area contributed by atoms with Crippen LogP contribution in [0.5, 0.6) is 0 Å². The fraction of sp³-hybridized carbons (Fsp3) is 0.500. The Balaban J connectivity index is 1.80. The molecule has 2 heterocycles. The van der Waals surface area contributed by atoms with E-state index in [1.165, 1.54) is 40.8 Å². The van der Waals surface area contributed by atoms with Crippen molar-refractivity contribution in [2.45, 2.75) is 35.2 Å². The van der Waals surface area contributed by atoms with Crippen LogP contribution in [0.1, 0.15) is 30.4 Å². The lowest BCUT2D eigenvalue weighted by Crippen LogP contribution is -2.11. The Morgan fingerprint density at radius 1 is 1.44 bits per heavy atom. The Morgan fingerprint density at radius 3 is 2.88 bits per heavy atom. The molecule has 1 saturated carbocycles. The quantitative estimate of drug-likeness (QED) is 0.828. The molecule has 6 nitrogen and oxygen atoms in total. The summed E-state index contributed by atoms with van der Waals surface area (Å²) in [7, 11) is 0. The normalized spacial score (nSPS) is 15.6. The molecule has 8 heteroatoms. The third-order valence-corrected chi connectivity index (χ3v) is 4.11. The lowest BCUT2D eigenvalue weighted by atomic mass is 10.4. The average Bonchev–Trinajstić information content (AvgIpc) is 2.96. The molecule has 1 aliphatic rings. The summed E-state index contributed by atoms with van der Waals surface area (Å²) < 4.78 is 6.66. The summed E-state index contributed by atoms with van der Waals surface area (Å²) in [6.45, 7) is 1.81. The fourth-order valence-corrected chi connectivity index (χ4v) is 2.85. The molecule has 0 aliphatic heterocycles. The topological polar surface area (TPSA) is 82.5 Å². The zero-order valence-corrected chi connectivity index (χ0v) is 10.3. The van der Waals surface area contributed by atoms with E-state index in [2.05, 4.69) is 19.6 Å². The van der Waals surface area contributed by atoms with Crippen LogP contribution in [-0.4, -0.2) is 24.2 Å². The monoisotopic (exact) mass is 254 g/mol. The third kappa shape index (κ3) is 1.78. The van der Waals surface area contributed by atoms with E-state index in [4.69, 9.17) is 5.84 Å². The summed E-state index contributed by atoms with van der Waals surface area (Å²) in [5.41, 5.74) is 0. The molecule has 0 aromatic carbocycles. The molecule has 84 valence electrons. The van der Waals surface area contributed by atoms with Gasteiger partial charge >= 0.3 is 0 Å². The summed E-state index contributed by atoms with van der Waals surface area (Å²) in [6, 6.07) is 0. The van der Waals surface area contributed by atoms with Crippen LogP contribution in [0.2, 0.25) is 0 Å². The zero-order chi connectivity index (χ0) is 11.1. The van der Waals surface area contributed by atoms with Crippen molar-refractivity contribution in [1.29, 1.82) is 0 Å². The van der Waals surface area contributed by atoms with Crippen molar-refractivity contribution >= 4 is 23.3 Å². The van der Waals surface area contributed by atoms with Crippen molar-refractivity contribution < 1.29 is 0 Å². The molecular weight excluding hydrogens is 244 g/mol. The fourth-order valence-electron chi connectivity index (χ4n) is 1.27. The first-order chi connectivity index (χ1) is 7.74. The van der Waals surface area contributed by atoms with Crippen molar-refractivity contribution in [2.75, 3.05) is 5.84 Å². The first-order valence-corrected chi connectivity index (χ1v) is 6.51. The summed E-state index contributed by atoms with van der Waals surface area (Å²) in [5.74, 6) is 8.00. The van der Waals surface area contributed by atoms with Gasteiger partial charge in [0.1, 0.15) is 11.6 Å². The van der Waals surface area contributed by atoms with Gasteiger partial charge < -0.3 is 5.84 Å². The van der Waals surface area contributed by atoms with Crippen LogP contribution in [0.3, 0.4) is 0 Å². The molecule has 1 aliphatic carbocycles. The van der Waals surface area contributed by atoms with Gasteiger partial charge in [-0.2, -0.15) is 4.37 Å². The van der Waals surface area contributed by atoms with Gasteiger partial charge in [0, 0.05) is 5.92 Å². The first kappa shape index (κ1) is 10.0. The van der Waals surface area contributed by atoms with E-state index in [0.717, 1.165) is 10.2 Å². The van der Waals surface area contributed by atoms with Crippen LogP contribution in [0.4, 0.5) is 0 Å². The van der Waals surface area contributed by atoms with E-state index >= 15 is 0 Å². The van der Waals surface area contributed by atoms with Crippen molar-refractivity contribution in [2.24, 2.45) is 0 Å². The SMILES string of the molecule is Cc1nnc(Sc2nc(C3CC3)ns2)n1N. The molecule has 1 fully saturated rings. The molecule has 0 bridgehead atoms. The lowest BCUT2D eigenvalue weighted by molar-refractivity contribution is 0.824. The van der Waals surface area contributed by atoms with Gasteiger partial charge in [-0.05, 0) is 43.1 Å². The molecule has 3 rings (SSSR count). The van der Waals surface area contributed by atoms with Crippen LogP contribution >= 0.6 is 23.3 Å². The minimum Gasteiger partial charge on any atom is -0.336 e. The minimum atomic E-state index is 0.586. The molecule has 0 unspecified atom stereocenters. The molecular formula is C8H10N6S2. The van der Waals surface area contributed by atoms with Crippen molar-refractivity contribution in [3.63, 3.8) is 0 Å². The molecule has 2 aromatic heterocycles. The number of nitrogens with two attached hydrogens (primary N) is 1. The number of hydrogen-bond donors (Lipinski definition) is 1. The predicted molar refractivity (Wildman–Crippen MR) is 60.9 cm³/mol. The Hall–Kier alpha value is -1.15. The van der Waals surface area contributed by atoms with Crippen LogP contribution in [0.15, 0.2) is 9.50 Å². The number of hydrogen-bond acceptors (Lipinski definition) is 7. The van der Waals surface area contributed by atoms with Gasteiger partial charge in [-0.1, -0.05) is 0 Å². The Labute approximate surface area is 100 Å². The highest BCUT2D eigenvalue weighted by Crippen LogP contribution is 2.40. The number of aromatic nitrogens is 5. The number of aryl methyl sites for hydroxylation is 1. The number of nitrogen functional groups attached to an aromatic ring is 1. The number of rotatable bonds is 3. The van der Waals surface area contributed by atoms with Crippen LogP contribution in [0.25, 0.3) is 0 Å². The Kier molecular flexibility index (Phi) is 2.32. The van der Waals surface area contributed by atoms with E-state index in [0.29, 0.717) is 16.9 Å². The summed E-state index contributed by atoms with van der Waals surface area (Å²) in [6.07, 6.45) is 2.43. The summed E-state index contributed by atoms with van der Waals surface area (Å²) in [5, 5.41) is 8.51. The molecule has 0 amide bonds. The van der Waals surface area contributed by atoms with E-state index in [-0.39, 0.29) is 0 Å². The highest BCUT2D eigenvalue weighted by molar-refractivity contribution is 8.00. The third-order valence-electron chi connectivity index (χ3n) is 2.38. The second-order valence-corrected chi connectivity index (χ2v) is 5.66. The van der Waals surface area contributed by atoms with Crippen LogP contribution in [0, 0.1) is 6.92 Å². The molecule has 2 N–H and O–H groups in total. The van der Waals surface area contributed by atoms with E-state index < -0.39 is 0 Å². The minimum absolute atomic E-state index is 0.586. The van der Waals surface area contributed by atoms with Gasteiger partial charge in [-0.3, -0.25) is 0 Å². The highest BCUT2D eigenvalue weighted by atomic mass is 32.2. The number of nitrogens with zero attached hydrogens (tertiary/aromatic N) is 5. The van der Waals surface area contributed by atoms with E-state index in [1.54, 1.807) is 0 Å². The van der Waals surface area contributed by atoms with Crippen molar-refractivity contribution in [1.82, 2.24) is 24.2 Å². The van der Waals surface area contributed by atoms with Crippen LogP contribution in [-0.2, 0) is 0 Å². The van der Waals surface area contributed by atoms with E-state index in [9.17, 15) is 0 Å². The molecule has 2 aromatic rings. The van der Waals surface area contributed by atoms with E-state index in [1.807, 2.05) is 6.92 Å². The molecule has 0 spiro atoms. The van der Waals surface area contributed by atoms with Gasteiger partial charge in [0.25, 0.3) is 0 Å². The van der Waals surface area contributed by atoms with Crippen LogP contribution < -0.4 is 5.84 Å². The maximum absolute atomic E-state index is 5.76. The second kappa shape index (κ2) is 3.70. The van der Waals surface area contributed by atoms with Gasteiger partial charge in [0.05, 0.1) is 0 Å². The van der Waals surface area contributed by atoms with Gasteiger partial charge in [-0.15, -0.1) is 10.2 Å². The summed E-state index contributed by atoms with van der Waals surface area (Å²) >= 11 is 2.81. The lowest BCUT2D eigenvalue weighted by Gasteiger charge is -1.96. The van der Waals surface area contributed by atoms with Gasteiger partial charge in [-0.25, -0.2) is 9.66 Å². The maximum atomic E-state index is 5.76. The Bertz CT molecular complexity index is 514. The maximum Gasteiger partial charge on any atom is 0.216 e. The predicted octanol–water partition coefficient (Wildman–Crippen LogP) is 1.18. The van der Waals surface area contributed by atoms with Gasteiger partial charge in [0.2, 0.25) is 5.16 Å². The zero-order valence-electron chi connectivity index (χ0n) is 8.62. The van der Waals surface area contributed by atoms with Crippen molar-refractivity contribution in [3.8, 4) is 0 Å². The average molecular weight is 254 g/mol. The first-order valence-electron chi connectivity index (χ1n) is 4.92. The summed E-state index contributed by atoms with van der Waals surface area (Å²) in [4.78, 5) is 4.45. The standard InChI is InChI=1S/C8H10N6S2/c1-4-11-12-7(14(4)9)15-8-10-6(13-16-8)5-2-3-5/h5H,2-3,9H2,1H3.